The van der Waals surface area contributed by atoms with Gasteiger partial charge in [0.2, 0.25) is 0 Å². The summed E-state index contributed by atoms with van der Waals surface area (Å²) in [7, 11) is 0. The fourth-order valence-corrected chi connectivity index (χ4v) is 2.65. The monoisotopic (exact) mass is 296 g/mol. The van der Waals surface area contributed by atoms with E-state index in [0.29, 0.717) is 11.6 Å². The topological polar surface area (TPSA) is 34.1 Å². The number of halogens is 1. The zero-order valence-corrected chi connectivity index (χ0v) is 12.6. The van der Waals surface area contributed by atoms with Crippen LogP contribution in [0.4, 0.5) is 0 Å². The van der Waals surface area contributed by atoms with Gasteiger partial charge >= 0.3 is 0 Å². The first-order valence-electron chi connectivity index (χ1n) is 6.22. The molecule has 19 heavy (non-hydrogen) atoms. The standard InChI is InChI=1S/C14H17ClN2OS/c1-3-16-7-11-5-4-6-12(15)14(11)18-8-13-17-10(2)9-19-13/h4-6,9,16H,3,7-8H2,1-2H3. The van der Waals surface area contributed by atoms with Gasteiger partial charge in [0.15, 0.2) is 0 Å². The first-order valence-corrected chi connectivity index (χ1v) is 7.48. The largest absolute Gasteiger partial charge is 0.485 e. The number of benzene rings is 1. The van der Waals surface area contributed by atoms with E-state index in [0.717, 1.165) is 35.1 Å². The van der Waals surface area contributed by atoms with Crippen LogP contribution in [0, 0.1) is 6.92 Å². The van der Waals surface area contributed by atoms with E-state index in [1.165, 1.54) is 0 Å². The van der Waals surface area contributed by atoms with Crippen LogP contribution in [0.1, 0.15) is 23.2 Å². The number of aromatic nitrogens is 1. The van der Waals surface area contributed by atoms with Crippen LogP contribution in [0.2, 0.25) is 5.02 Å². The molecule has 0 aliphatic carbocycles. The third-order valence-electron chi connectivity index (χ3n) is 2.62. The summed E-state index contributed by atoms with van der Waals surface area (Å²) in [5, 5.41) is 6.91. The molecule has 3 nitrogen and oxygen atoms in total. The number of aryl methyl sites for hydroxylation is 1. The molecule has 5 heteroatoms. The zero-order valence-electron chi connectivity index (χ0n) is 11.1. The average molecular weight is 297 g/mol. The molecular weight excluding hydrogens is 280 g/mol. The van der Waals surface area contributed by atoms with Crippen molar-refractivity contribution in [1.82, 2.24) is 10.3 Å². The second-order valence-corrected chi connectivity index (χ2v) is 5.53. The second-order valence-electron chi connectivity index (χ2n) is 4.18. The Morgan fingerprint density at radius 2 is 2.26 bits per heavy atom. The van der Waals surface area contributed by atoms with Crippen molar-refractivity contribution in [2.45, 2.75) is 27.0 Å². The molecule has 0 aliphatic rings. The highest BCUT2D eigenvalue weighted by atomic mass is 35.5. The Bertz CT molecular complexity index is 542. The summed E-state index contributed by atoms with van der Waals surface area (Å²) < 4.78 is 5.84. The van der Waals surface area contributed by atoms with Gasteiger partial charge in [-0.1, -0.05) is 30.7 Å². The van der Waals surface area contributed by atoms with Crippen LogP contribution >= 0.6 is 22.9 Å². The predicted octanol–water partition coefficient (Wildman–Crippen LogP) is 3.79. The van der Waals surface area contributed by atoms with Crippen molar-refractivity contribution in [3.8, 4) is 5.75 Å². The molecule has 102 valence electrons. The third-order valence-corrected chi connectivity index (χ3v) is 3.86. The Balaban J connectivity index is 2.09. The van der Waals surface area contributed by atoms with Crippen molar-refractivity contribution in [1.29, 1.82) is 0 Å². The molecule has 0 saturated carbocycles. The highest BCUT2D eigenvalue weighted by Gasteiger charge is 2.09. The van der Waals surface area contributed by atoms with E-state index < -0.39 is 0 Å². The van der Waals surface area contributed by atoms with Crippen LogP contribution in [-0.2, 0) is 13.2 Å². The first kappa shape index (κ1) is 14.3. The van der Waals surface area contributed by atoms with Crippen molar-refractivity contribution in [2.75, 3.05) is 6.54 Å². The minimum atomic E-state index is 0.460. The number of thiazole rings is 1. The summed E-state index contributed by atoms with van der Waals surface area (Å²) >= 11 is 7.81. The molecule has 0 radical (unpaired) electrons. The Morgan fingerprint density at radius 3 is 2.95 bits per heavy atom. The number of rotatable bonds is 6. The molecule has 1 N–H and O–H groups in total. The van der Waals surface area contributed by atoms with E-state index in [2.05, 4.69) is 17.2 Å². The molecule has 0 saturated heterocycles. The minimum absolute atomic E-state index is 0.460. The van der Waals surface area contributed by atoms with Crippen LogP contribution in [-0.4, -0.2) is 11.5 Å². The molecule has 1 aromatic heterocycles. The molecule has 0 spiro atoms. The lowest BCUT2D eigenvalue weighted by Gasteiger charge is -2.12. The lowest BCUT2D eigenvalue weighted by atomic mass is 10.2. The van der Waals surface area contributed by atoms with Crippen LogP contribution in [0.3, 0.4) is 0 Å². The quantitative estimate of drug-likeness (QED) is 0.880. The van der Waals surface area contributed by atoms with Gasteiger partial charge in [-0.3, -0.25) is 0 Å². The van der Waals surface area contributed by atoms with Gasteiger partial charge in [0, 0.05) is 23.2 Å². The summed E-state index contributed by atoms with van der Waals surface area (Å²) in [6.45, 7) is 6.18. The maximum Gasteiger partial charge on any atom is 0.143 e. The number of hydrogen-bond acceptors (Lipinski definition) is 4. The zero-order chi connectivity index (χ0) is 13.7. The van der Waals surface area contributed by atoms with Gasteiger partial charge in [-0.25, -0.2) is 4.98 Å². The summed E-state index contributed by atoms with van der Waals surface area (Å²) in [6, 6.07) is 5.81. The maximum atomic E-state index is 6.21. The van der Waals surface area contributed by atoms with Crippen LogP contribution in [0.25, 0.3) is 0 Å². The molecule has 0 unspecified atom stereocenters. The maximum absolute atomic E-state index is 6.21. The van der Waals surface area contributed by atoms with Gasteiger partial charge in [-0.05, 0) is 19.5 Å². The van der Waals surface area contributed by atoms with E-state index in [1.54, 1.807) is 11.3 Å². The number of nitrogens with zero attached hydrogens (tertiary/aromatic N) is 1. The molecule has 0 bridgehead atoms. The molecular formula is C14H17ClN2OS. The van der Waals surface area contributed by atoms with Gasteiger partial charge in [-0.15, -0.1) is 11.3 Å². The van der Waals surface area contributed by atoms with Gasteiger partial charge in [0.05, 0.1) is 5.02 Å². The van der Waals surface area contributed by atoms with Crippen molar-refractivity contribution >= 4 is 22.9 Å². The Kier molecular flexibility index (Phi) is 5.19. The number of ether oxygens (including phenoxy) is 1. The van der Waals surface area contributed by atoms with Crippen molar-refractivity contribution in [2.24, 2.45) is 0 Å². The van der Waals surface area contributed by atoms with E-state index in [1.807, 2.05) is 30.5 Å². The second kappa shape index (κ2) is 6.89. The minimum Gasteiger partial charge on any atom is -0.485 e. The molecule has 2 rings (SSSR count). The third kappa shape index (κ3) is 3.93. The van der Waals surface area contributed by atoms with Gasteiger partial charge < -0.3 is 10.1 Å². The Hall–Kier alpha value is -1.10. The fraction of sp³-hybridized carbons (Fsp3) is 0.357. The predicted molar refractivity (Wildman–Crippen MR) is 80.0 cm³/mol. The Labute approximate surface area is 122 Å². The molecule has 1 heterocycles. The Morgan fingerprint density at radius 1 is 1.42 bits per heavy atom. The van der Waals surface area contributed by atoms with Gasteiger partial charge in [0.1, 0.15) is 17.4 Å². The number of para-hydroxylation sites is 1. The highest BCUT2D eigenvalue weighted by molar-refractivity contribution is 7.09. The number of hydrogen-bond donors (Lipinski definition) is 1. The average Bonchev–Trinajstić information content (AvgIpc) is 2.81. The summed E-state index contributed by atoms with van der Waals surface area (Å²) in [5.41, 5.74) is 2.10. The molecule has 0 amide bonds. The first-order chi connectivity index (χ1) is 9.20. The van der Waals surface area contributed by atoms with E-state index in [-0.39, 0.29) is 0 Å². The molecule has 1 aromatic carbocycles. The van der Waals surface area contributed by atoms with Crippen molar-refractivity contribution < 1.29 is 4.74 Å². The van der Waals surface area contributed by atoms with Crippen LogP contribution in [0.15, 0.2) is 23.6 Å². The van der Waals surface area contributed by atoms with E-state index >= 15 is 0 Å². The SMILES string of the molecule is CCNCc1cccc(Cl)c1OCc1nc(C)cs1. The highest BCUT2D eigenvalue weighted by Crippen LogP contribution is 2.29. The summed E-state index contributed by atoms with van der Waals surface area (Å²) in [6.07, 6.45) is 0. The van der Waals surface area contributed by atoms with Crippen LogP contribution in [0.5, 0.6) is 5.75 Å². The smallest absolute Gasteiger partial charge is 0.143 e. The summed E-state index contributed by atoms with van der Waals surface area (Å²) in [5.74, 6) is 0.748. The van der Waals surface area contributed by atoms with Crippen LogP contribution < -0.4 is 10.1 Å². The van der Waals surface area contributed by atoms with E-state index in [4.69, 9.17) is 16.3 Å². The molecule has 0 fully saturated rings. The molecule has 0 aliphatic heterocycles. The molecule has 2 aromatic rings. The van der Waals surface area contributed by atoms with Crippen molar-refractivity contribution in [3.63, 3.8) is 0 Å². The fourth-order valence-electron chi connectivity index (χ4n) is 1.72. The van der Waals surface area contributed by atoms with E-state index in [9.17, 15) is 0 Å². The summed E-state index contributed by atoms with van der Waals surface area (Å²) in [4.78, 5) is 4.38. The van der Waals surface area contributed by atoms with Crippen molar-refractivity contribution in [3.05, 3.63) is 44.9 Å². The van der Waals surface area contributed by atoms with Gasteiger partial charge in [0.25, 0.3) is 0 Å². The normalized spacial score (nSPS) is 10.7. The lowest BCUT2D eigenvalue weighted by Crippen LogP contribution is -2.13. The number of nitrogens with one attached hydrogen (secondary N) is 1. The lowest BCUT2D eigenvalue weighted by molar-refractivity contribution is 0.301. The van der Waals surface area contributed by atoms with Gasteiger partial charge in [-0.2, -0.15) is 0 Å². The molecule has 0 atom stereocenters.